The quantitative estimate of drug-likeness (QED) is 0.135. The fraction of sp³-hybridized carbons (Fsp3) is 0.833. The number of rotatable bonds is 12. The van der Waals surface area contributed by atoms with Crippen LogP contribution in [0, 0.1) is 0 Å². The molecule has 3 unspecified atom stereocenters. The average Bonchev–Trinajstić information content (AvgIpc) is 3.32. The molecule has 0 saturated carbocycles. The zero-order valence-corrected chi connectivity index (χ0v) is 23.3. The van der Waals surface area contributed by atoms with E-state index in [0.717, 1.165) is 0 Å². The average molecular weight is 561 g/mol. The number of nitrogens with one attached hydrogen (secondary N) is 1. The first-order valence-corrected chi connectivity index (χ1v) is 13.6. The summed E-state index contributed by atoms with van der Waals surface area (Å²) in [6.07, 6.45) is -3.39. The number of carbonyl (C=O) groups is 4. The van der Waals surface area contributed by atoms with Gasteiger partial charge in [-0.25, -0.2) is 0 Å². The summed E-state index contributed by atoms with van der Waals surface area (Å²) in [7, 11) is 0. The third kappa shape index (κ3) is 6.55. The molecule has 0 aromatic carbocycles. The van der Waals surface area contributed by atoms with Crippen molar-refractivity contribution in [3.05, 3.63) is 0 Å². The monoisotopic (exact) mass is 560 g/mol. The maximum Gasteiger partial charge on any atom is 0.243 e. The Labute approximate surface area is 226 Å². The number of nitrogens with two attached hydrogens (primary N) is 2. The van der Waals surface area contributed by atoms with Gasteiger partial charge in [0.2, 0.25) is 17.7 Å². The van der Waals surface area contributed by atoms with Crippen LogP contribution < -0.4 is 16.8 Å². The number of nitrogens with zero attached hydrogens (tertiary/aromatic N) is 1. The van der Waals surface area contributed by atoms with E-state index >= 15 is 0 Å². The van der Waals surface area contributed by atoms with Gasteiger partial charge < -0.3 is 41.2 Å². The maximum absolute atomic E-state index is 13.0. The van der Waals surface area contributed by atoms with Crippen LogP contribution in [0.25, 0.3) is 0 Å². The summed E-state index contributed by atoms with van der Waals surface area (Å²) in [6, 6.07) is -1.62. The summed E-state index contributed by atoms with van der Waals surface area (Å²) in [4.78, 5) is 49.8. The van der Waals surface area contributed by atoms with E-state index in [0.29, 0.717) is 0 Å². The molecule has 38 heavy (non-hydrogen) atoms. The molecular weight excluding hydrogens is 520 g/mol. The van der Waals surface area contributed by atoms with Gasteiger partial charge in [-0.05, 0) is 34.1 Å². The molecule has 0 spiro atoms. The number of hydrogen-bond donors (Lipinski definition) is 5. The molecule has 14 heteroatoms. The predicted molar refractivity (Wildman–Crippen MR) is 136 cm³/mol. The molecule has 3 heterocycles. The lowest BCUT2D eigenvalue weighted by Gasteiger charge is -2.45. The van der Waals surface area contributed by atoms with Gasteiger partial charge in [0.15, 0.2) is 6.29 Å². The van der Waals surface area contributed by atoms with E-state index in [9.17, 15) is 29.4 Å². The second kappa shape index (κ2) is 11.5. The molecule has 2 bridgehead atoms. The van der Waals surface area contributed by atoms with Crippen LogP contribution in [0.15, 0.2) is 0 Å². The van der Waals surface area contributed by atoms with E-state index in [1.165, 1.54) is 30.5 Å². The first-order chi connectivity index (χ1) is 17.5. The molecule has 0 aromatic heterocycles. The SMILES string of the molecule is CC(=O)N[C@@H]1[C@H]2OC[C@](CC(C)(N)OCCC(C)(C)N3C(=O)CC(SCC(N)C(C)=O)C3=O)(O2)[C@H](O)[C@@H]1O. The van der Waals surface area contributed by atoms with E-state index in [1.807, 2.05) is 0 Å². The van der Waals surface area contributed by atoms with Gasteiger partial charge in [0.1, 0.15) is 35.4 Å². The lowest BCUT2D eigenvalue weighted by Crippen LogP contribution is -2.67. The van der Waals surface area contributed by atoms with Gasteiger partial charge in [0.05, 0.1) is 24.5 Å². The molecule has 216 valence electrons. The van der Waals surface area contributed by atoms with Crippen LogP contribution >= 0.6 is 11.8 Å². The number of aliphatic hydroxyl groups excluding tert-OH is 2. The number of hydrogen-bond acceptors (Lipinski definition) is 12. The molecule has 0 aromatic rings. The van der Waals surface area contributed by atoms with Gasteiger partial charge in [-0.1, -0.05) is 0 Å². The summed E-state index contributed by atoms with van der Waals surface area (Å²) in [5.41, 5.74) is 8.62. The minimum absolute atomic E-state index is 0.0291. The summed E-state index contributed by atoms with van der Waals surface area (Å²) < 4.78 is 17.4. The van der Waals surface area contributed by atoms with Crippen LogP contribution in [-0.2, 0) is 33.4 Å². The fourth-order valence-corrected chi connectivity index (χ4v) is 6.29. The maximum atomic E-state index is 13.0. The van der Waals surface area contributed by atoms with Crippen LogP contribution in [0.5, 0.6) is 0 Å². The molecule has 3 aliphatic heterocycles. The number of ketones is 1. The van der Waals surface area contributed by atoms with Crippen LogP contribution in [-0.4, -0.2) is 110 Å². The number of carbonyl (C=O) groups excluding carboxylic acids is 4. The molecule has 13 nitrogen and oxygen atoms in total. The summed E-state index contributed by atoms with van der Waals surface area (Å²) in [5, 5.41) is 23.4. The second-order valence-corrected chi connectivity index (χ2v) is 12.5. The van der Waals surface area contributed by atoms with E-state index in [1.54, 1.807) is 20.8 Å². The molecule has 0 radical (unpaired) electrons. The number of imide groups is 1. The van der Waals surface area contributed by atoms with Crippen molar-refractivity contribution in [1.82, 2.24) is 10.2 Å². The second-order valence-electron chi connectivity index (χ2n) is 11.2. The molecule has 3 saturated heterocycles. The zero-order chi connectivity index (χ0) is 28.6. The van der Waals surface area contributed by atoms with E-state index in [2.05, 4.69) is 5.32 Å². The van der Waals surface area contributed by atoms with Crippen LogP contribution in [0.3, 0.4) is 0 Å². The summed E-state index contributed by atoms with van der Waals surface area (Å²) in [5.74, 6) is -0.963. The third-order valence-electron chi connectivity index (χ3n) is 7.24. The molecule has 3 rings (SSSR count). The summed E-state index contributed by atoms with van der Waals surface area (Å²) in [6.45, 7) is 7.81. The van der Waals surface area contributed by atoms with E-state index < -0.39 is 58.6 Å². The van der Waals surface area contributed by atoms with Gasteiger partial charge in [0, 0.05) is 31.1 Å². The van der Waals surface area contributed by atoms with Crippen LogP contribution in [0.2, 0.25) is 0 Å². The van der Waals surface area contributed by atoms with Crippen molar-refractivity contribution < 1.29 is 43.6 Å². The van der Waals surface area contributed by atoms with E-state index in [4.69, 9.17) is 25.7 Å². The first kappa shape index (κ1) is 30.9. The van der Waals surface area contributed by atoms with Crippen molar-refractivity contribution in [1.29, 1.82) is 0 Å². The number of likely N-dealkylation sites (tertiary alicyclic amines) is 1. The molecular formula is C24H40N4O9S. The molecule has 0 aliphatic carbocycles. The molecule has 7 N–H and O–H groups in total. The highest BCUT2D eigenvalue weighted by molar-refractivity contribution is 8.00. The molecule has 3 aliphatic rings. The van der Waals surface area contributed by atoms with E-state index in [-0.39, 0.29) is 55.8 Å². The smallest absolute Gasteiger partial charge is 0.243 e. The highest BCUT2D eigenvalue weighted by Gasteiger charge is 2.61. The number of Topliss-reactive ketones (excluding diaryl/α,β-unsaturated/α-hetero) is 1. The van der Waals surface area contributed by atoms with Crippen molar-refractivity contribution in [2.45, 2.75) is 107 Å². The van der Waals surface area contributed by atoms with Crippen molar-refractivity contribution in [3.8, 4) is 0 Å². The number of ether oxygens (including phenoxy) is 3. The van der Waals surface area contributed by atoms with Gasteiger partial charge in [0.25, 0.3) is 0 Å². The first-order valence-electron chi connectivity index (χ1n) is 12.6. The van der Waals surface area contributed by atoms with Gasteiger partial charge in [-0.15, -0.1) is 11.8 Å². The molecule has 3 amide bonds. The Hall–Kier alpha value is -1.65. The normalized spacial score (nSPS) is 33.8. The highest BCUT2D eigenvalue weighted by atomic mass is 32.2. The third-order valence-corrected chi connectivity index (χ3v) is 8.56. The number of fused-ring (bicyclic) bond motifs is 2. The fourth-order valence-electron chi connectivity index (χ4n) is 5.11. The molecule has 3 fully saturated rings. The topological polar surface area (TPSA) is 204 Å². The van der Waals surface area contributed by atoms with Gasteiger partial charge in [-0.3, -0.25) is 24.1 Å². The standard InChI is InChI=1S/C24H40N4O9S/c1-12(29)14(25)9-38-15-8-16(31)28(20(15)34)22(3,4)6-7-36-23(5,26)10-24-11-35-21(37-24)17(27-13(2)30)18(32)19(24)33/h14-15,17-19,21,32-33H,6-11,25-26H2,1-5H3,(H,27,30)/t14?,15?,17-,18+,19+,21-,23?,24-/m0/s1. The van der Waals surface area contributed by atoms with Gasteiger partial charge in [-0.2, -0.15) is 0 Å². The van der Waals surface area contributed by atoms with Crippen LogP contribution in [0.1, 0.15) is 53.9 Å². The Morgan fingerprint density at radius 2 is 1.95 bits per heavy atom. The van der Waals surface area contributed by atoms with Crippen LogP contribution in [0.4, 0.5) is 0 Å². The number of amides is 3. The predicted octanol–water partition coefficient (Wildman–Crippen LogP) is -1.63. The van der Waals surface area contributed by atoms with Crippen molar-refractivity contribution in [2.75, 3.05) is 19.0 Å². The largest absolute Gasteiger partial charge is 0.388 e. The Kier molecular flexibility index (Phi) is 9.31. The lowest BCUT2D eigenvalue weighted by molar-refractivity contribution is -0.239. The Balaban J connectivity index is 1.56. The van der Waals surface area contributed by atoms with Crippen molar-refractivity contribution in [2.24, 2.45) is 11.5 Å². The Morgan fingerprint density at radius 3 is 2.55 bits per heavy atom. The minimum Gasteiger partial charge on any atom is -0.388 e. The molecule has 8 atom stereocenters. The Morgan fingerprint density at radius 1 is 1.29 bits per heavy atom. The zero-order valence-electron chi connectivity index (χ0n) is 22.5. The minimum atomic E-state index is -1.40. The number of thioether (sulfide) groups is 1. The van der Waals surface area contributed by atoms with Gasteiger partial charge >= 0.3 is 0 Å². The summed E-state index contributed by atoms with van der Waals surface area (Å²) >= 11 is 1.21. The Bertz CT molecular complexity index is 948. The van der Waals surface area contributed by atoms with Crippen molar-refractivity contribution in [3.63, 3.8) is 0 Å². The highest BCUT2D eigenvalue weighted by Crippen LogP contribution is 2.42. The van der Waals surface area contributed by atoms with Crippen molar-refractivity contribution >= 4 is 35.3 Å². The number of aliphatic hydroxyl groups is 2. The lowest BCUT2D eigenvalue weighted by atomic mass is 9.82.